The molecule has 2 N–H and O–H groups in total. The number of carbonyl (C=O) groups excluding carboxylic acids is 2. The van der Waals surface area contributed by atoms with Crippen molar-refractivity contribution >= 4 is 11.8 Å². The lowest BCUT2D eigenvalue weighted by atomic mass is 9.68. The van der Waals surface area contributed by atoms with Crippen molar-refractivity contribution < 1.29 is 24.2 Å². The van der Waals surface area contributed by atoms with E-state index in [2.05, 4.69) is 19.2 Å². The number of Topliss-reactive ketones (excluding diaryl/α,β-unsaturated/α-hetero) is 1. The maximum atomic E-state index is 13.2. The first kappa shape index (κ1) is 21.9. The molecule has 0 unspecified atom stereocenters. The molecule has 1 aliphatic carbocycles. The maximum Gasteiger partial charge on any atom is 0.336 e. The number of hydrogen-bond donors (Lipinski definition) is 2. The van der Waals surface area contributed by atoms with Crippen LogP contribution in [0.1, 0.15) is 65.4 Å². The zero-order valence-corrected chi connectivity index (χ0v) is 18.4. The summed E-state index contributed by atoms with van der Waals surface area (Å²) in [5.74, 6) is -0.608. The summed E-state index contributed by atoms with van der Waals surface area (Å²) in [5, 5.41) is 13.5. The molecule has 1 aromatic rings. The van der Waals surface area contributed by atoms with E-state index in [0.29, 0.717) is 48.6 Å². The number of rotatable bonds is 6. The molecule has 0 aromatic heterocycles. The van der Waals surface area contributed by atoms with Gasteiger partial charge in [-0.15, -0.1) is 0 Å². The number of benzene rings is 1. The Morgan fingerprint density at radius 1 is 1.27 bits per heavy atom. The Labute approximate surface area is 178 Å². The van der Waals surface area contributed by atoms with E-state index in [1.807, 2.05) is 20.8 Å². The number of phenols is 1. The number of carbonyl (C=O) groups is 2. The zero-order chi connectivity index (χ0) is 22.1. The fraction of sp³-hybridized carbons (Fsp3) is 0.500. The van der Waals surface area contributed by atoms with Gasteiger partial charge in [-0.05, 0) is 49.8 Å². The summed E-state index contributed by atoms with van der Waals surface area (Å²) in [4.78, 5) is 26.2. The Morgan fingerprint density at radius 3 is 2.67 bits per heavy atom. The zero-order valence-electron chi connectivity index (χ0n) is 18.4. The lowest BCUT2D eigenvalue weighted by Crippen LogP contribution is -2.38. The average Bonchev–Trinajstić information content (AvgIpc) is 2.66. The summed E-state index contributed by atoms with van der Waals surface area (Å²) in [5.41, 5.74) is 3.16. The second-order valence-corrected chi connectivity index (χ2v) is 8.73. The largest absolute Gasteiger partial charge is 0.504 e. The molecule has 0 spiro atoms. The lowest BCUT2D eigenvalue weighted by Gasteiger charge is -2.39. The molecule has 0 amide bonds. The second kappa shape index (κ2) is 8.54. The van der Waals surface area contributed by atoms with Gasteiger partial charge in [0.1, 0.15) is 0 Å². The van der Waals surface area contributed by atoms with E-state index in [9.17, 15) is 14.7 Å². The summed E-state index contributed by atoms with van der Waals surface area (Å²) in [6.07, 6.45) is 1.84. The summed E-state index contributed by atoms with van der Waals surface area (Å²) in [6, 6.07) is 5.00. The van der Waals surface area contributed by atoms with Crippen molar-refractivity contribution in [3.05, 3.63) is 46.3 Å². The number of ether oxygens (including phenoxy) is 2. The predicted octanol–water partition coefficient (Wildman–Crippen LogP) is 4.35. The van der Waals surface area contributed by atoms with E-state index in [-0.39, 0.29) is 16.9 Å². The smallest absolute Gasteiger partial charge is 0.336 e. The number of ketones is 1. The summed E-state index contributed by atoms with van der Waals surface area (Å²) < 4.78 is 11.0. The minimum absolute atomic E-state index is 0.0238. The van der Waals surface area contributed by atoms with E-state index in [1.165, 1.54) is 0 Å². The third-order valence-corrected chi connectivity index (χ3v) is 5.51. The Bertz CT molecular complexity index is 926. The van der Waals surface area contributed by atoms with Gasteiger partial charge in [-0.1, -0.05) is 26.8 Å². The summed E-state index contributed by atoms with van der Waals surface area (Å²) in [6.45, 7) is 10.5. The minimum atomic E-state index is -0.561. The van der Waals surface area contributed by atoms with Gasteiger partial charge in [0.05, 0.1) is 18.8 Å². The minimum Gasteiger partial charge on any atom is -0.504 e. The number of dihydropyridines is 1. The van der Waals surface area contributed by atoms with Gasteiger partial charge in [0.15, 0.2) is 17.3 Å². The molecule has 2 aliphatic rings. The van der Waals surface area contributed by atoms with Crippen molar-refractivity contribution in [2.24, 2.45) is 5.41 Å². The fourth-order valence-electron chi connectivity index (χ4n) is 4.29. The van der Waals surface area contributed by atoms with Crippen LogP contribution in [-0.4, -0.2) is 30.1 Å². The van der Waals surface area contributed by atoms with Gasteiger partial charge in [0.2, 0.25) is 0 Å². The van der Waals surface area contributed by atoms with Crippen molar-refractivity contribution in [3.8, 4) is 11.5 Å². The Balaban J connectivity index is 2.16. The van der Waals surface area contributed by atoms with E-state index in [0.717, 1.165) is 17.7 Å². The highest BCUT2D eigenvalue weighted by atomic mass is 16.5. The van der Waals surface area contributed by atoms with Crippen molar-refractivity contribution in [1.29, 1.82) is 0 Å². The van der Waals surface area contributed by atoms with Gasteiger partial charge in [0.25, 0.3) is 0 Å². The van der Waals surface area contributed by atoms with Crippen LogP contribution in [0.25, 0.3) is 0 Å². The number of allylic oxidation sites excluding steroid dienone is 3. The quantitative estimate of drug-likeness (QED) is 0.675. The topological polar surface area (TPSA) is 84.9 Å². The summed E-state index contributed by atoms with van der Waals surface area (Å²) in [7, 11) is 0. The van der Waals surface area contributed by atoms with Crippen LogP contribution in [0.3, 0.4) is 0 Å². The van der Waals surface area contributed by atoms with Crippen LogP contribution in [0.5, 0.6) is 11.5 Å². The van der Waals surface area contributed by atoms with Crippen LogP contribution < -0.4 is 10.1 Å². The highest BCUT2D eigenvalue weighted by molar-refractivity contribution is 6.04. The van der Waals surface area contributed by atoms with Gasteiger partial charge in [-0.3, -0.25) is 4.79 Å². The molecule has 0 saturated heterocycles. The molecular formula is C24H31NO5. The number of aromatic hydroxyl groups is 1. The van der Waals surface area contributed by atoms with Crippen LogP contribution in [0, 0.1) is 5.41 Å². The van der Waals surface area contributed by atoms with Gasteiger partial charge >= 0.3 is 5.97 Å². The van der Waals surface area contributed by atoms with Crippen LogP contribution in [-0.2, 0) is 14.3 Å². The van der Waals surface area contributed by atoms with Crippen molar-refractivity contribution in [2.75, 3.05) is 13.2 Å². The van der Waals surface area contributed by atoms with Crippen LogP contribution >= 0.6 is 0 Å². The third-order valence-electron chi connectivity index (χ3n) is 5.51. The van der Waals surface area contributed by atoms with Crippen molar-refractivity contribution in [1.82, 2.24) is 5.32 Å². The number of hydrogen-bond acceptors (Lipinski definition) is 6. The standard InChI is InChI=1S/C24H31NO5/c1-6-10-30-23(28)20-14(3)25-16-12-24(4,5)13-18(27)22(16)21(20)15-8-9-17(26)19(11-15)29-7-2/h8-9,11,21,25-26H,6-7,10,12-13H2,1-5H3/t21-/m1/s1. The van der Waals surface area contributed by atoms with Gasteiger partial charge in [-0.25, -0.2) is 4.79 Å². The van der Waals surface area contributed by atoms with E-state index >= 15 is 0 Å². The molecule has 1 aromatic carbocycles. The molecule has 3 rings (SSSR count). The molecule has 1 atom stereocenters. The SMILES string of the molecule is CCCOC(=O)C1=C(C)NC2=C(C(=O)CC(C)(C)C2)[C@@H]1c1ccc(O)c(OCC)c1. The molecule has 162 valence electrons. The van der Waals surface area contributed by atoms with Crippen molar-refractivity contribution in [3.63, 3.8) is 0 Å². The molecule has 0 bridgehead atoms. The Morgan fingerprint density at radius 2 is 2.00 bits per heavy atom. The molecule has 0 fully saturated rings. The molecular weight excluding hydrogens is 382 g/mol. The second-order valence-electron chi connectivity index (χ2n) is 8.73. The van der Waals surface area contributed by atoms with E-state index in [1.54, 1.807) is 18.2 Å². The van der Waals surface area contributed by atoms with Crippen molar-refractivity contribution in [2.45, 2.75) is 59.8 Å². The molecule has 1 aliphatic heterocycles. The average molecular weight is 414 g/mol. The first-order valence-electron chi connectivity index (χ1n) is 10.5. The monoisotopic (exact) mass is 413 g/mol. The molecule has 0 saturated carbocycles. The molecule has 0 radical (unpaired) electrons. The molecule has 30 heavy (non-hydrogen) atoms. The number of esters is 1. The lowest BCUT2D eigenvalue weighted by molar-refractivity contribution is -0.139. The van der Waals surface area contributed by atoms with Crippen LogP contribution in [0.4, 0.5) is 0 Å². The third kappa shape index (κ3) is 4.23. The highest BCUT2D eigenvalue weighted by Crippen LogP contribution is 2.47. The van der Waals surface area contributed by atoms with Gasteiger partial charge < -0.3 is 19.9 Å². The molecule has 6 nitrogen and oxygen atoms in total. The highest BCUT2D eigenvalue weighted by Gasteiger charge is 2.43. The van der Waals surface area contributed by atoms with Crippen LogP contribution in [0.15, 0.2) is 40.7 Å². The normalized spacial score (nSPS) is 20.6. The number of nitrogens with one attached hydrogen (secondary N) is 1. The predicted molar refractivity (Wildman–Crippen MR) is 114 cm³/mol. The Kier molecular flexibility index (Phi) is 6.25. The number of phenolic OH excluding ortho intramolecular Hbond substituents is 1. The van der Waals surface area contributed by atoms with E-state index < -0.39 is 11.9 Å². The van der Waals surface area contributed by atoms with E-state index in [4.69, 9.17) is 9.47 Å². The van der Waals surface area contributed by atoms with Gasteiger partial charge in [-0.2, -0.15) is 0 Å². The first-order chi connectivity index (χ1) is 14.2. The summed E-state index contributed by atoms with van der Waals surface area (Å²) >= 11 is 0. The first-order valence-corrected chi connectivity index (χ1v) is 10.5. The maximum absolute atomic E-state index is 13.2. The van der Waals surface area contributed by atoms with Gasteiger partial charge in [0, 0.05) is 29.3 Å². The fourth-order valence-corrected chi connectivity index (χ4v) is 4.29. The molecule has 1 heterocycles. The molecule has 6 heteroatoms. The van der Waals surface area contributed by atoms with Crippen LogP contribution in [0.2, 0.25) is 0 Å². The Hall–Kier alpha value is -2.76.